The Bertz CT molecular complexity index is 952. The molecule has 6 heteroatoms. The minimum Gasteiger partial charge on any atom is -0.494 e. The minimum absolute atomic E-state index is 0.378. The number of aryl methyl sites for hydroxylation is 1. The van der Waals surface area contributed by atoms with Crippen molar-refractivity contribution in [2.75, 3.05) is 6.61 Å². The summed E-state index contributed by atoms with van der Waals surface area (Å²) in [4.78, 5) is 0. The van der Waals surface area contributed by atoms with Gasteiger partial charge >= 0.3 is 0 Å². The predicted octanol–water partition coefficient (Wildman–Crippen LogP) is 4.31. The Kier molecular flexibility index (Phi) is 5.82. The summed E-state index contributed by atoms with van der Waals surface area (Å²) in [5, 5.41) is 13.5. The highest BCUT2D eigenvalue weighted by molar-refractivity contribution is 7.71. The molecule has 0 N–H and O–H groups in total. The zero-order valence-electron chi connectivity index (χ0n) is 14.6. The number of rotatable bonds is 7. The molecule has 3 rings (SSSR count). The third kappa shape index (κ3) is 4.01. The highest BCUT2D eigenvalue weighted by atomic mass is 32.1. The van der Waals surface area contributed by atoms with Crippen LogP contribution in [0, 0.1) is 16.1 Å². The van der Waals surface area contributed by atoms with E-state index in [1.807, 2.05) is 66.1 Å². The molecule has 0 fully saturated rings. The van der Waals surface area contributed by atoms with Crippen molar-refractivity contribution >= 4 is 12.2 Å². The molecule has 0 atom stereocenters. The fourth-order valence-corrected chi connectivity index (χ4v) is 3.10. The first kappa shape index (κ1) is 17.9. The third-order valence-electron chi connectivity index (χ3n) is 3.95. The van der Waals surface area contributed by atoms with Gasteiger partial charge in [0.05, 0.1) is 25.6 Å². The molecular formula is C20H20N4OS. The number of nitrogens with zero attached hydrogens (tertiary/aromatic N) is 4. The van der Waals surface area contributed by atoms with Crippen molar-refractivity contribution < 1.29 is 4.74 Å². The summed E-state index contributed by atoms with van der Waals surface area (Å²) in [7, 11) is 0. The number of nitriles is 1. The zero-order chi connectivity index (χ0) is 18.4. The molecule has 0 saturated carbocycles. The van der Waals surface area contributed by atoms with Crippen LogP contribution in [0.3, 0.4) is 0 Å². The van der Waals surface area contributed by atoms with Crippen LogP contribution >= 0.6 is 12.2 Å². The van der Waals surface area contributed by atoms with Gasteiger partial charge in [-0.15, -0.1) is 0 Å². The molecule has 0 amide bonds. The Labute approximate surface area is 158 Å². The van der Waals surface area contributed by atoms with Gasteiger partial charge < -0.3 is 4.74 Å². The summed E-state index contributed by atoms with van der Waals surface area (Å²) < 4.78 is 9.81. The largest absolute Gasteiger partial charge is 0.494 e. The molecule has 1 heterocycles. The van der Waals surface area contributed by atoms with Gasteiger partial charge in [-0.05, 0) is 49.0 Å². The fourth-order valence-electron chi connectivity index (χ4n) is 2.76. The van der Waals surface area contributed by atoms with Gasteiger partial charge in [0.2, 0.25) is 4.77 Å². The standard InChI is InChI=1S/C20H20N4OS/c1-2-25-18-11-9-16(10-12-18)15-19-22-23(14-6-13-21)20(26)24(19)17-7-4-3-5-8-17/h3-5,7-12H,2,6,14-15H2,1H3. The second kappa shape index (κ2) is 8.45. The van der Waals surface area contributed by atoms with Crippen molar-refractivity contribution in [3.63, 3.8) is 0 Å². The summed E-state index contributed by atoms with van der Waals surface area (Å²) >= 11 is 5.61. The predicted molar refractivity (Wildman–Crippen MR) is 103 cm³/mol. The molecule has 0 aliphatic heterocycles. The minimum atomic E-state index is 0.378. The molecule has 2 aromatic carbocycles. The molecule has 26 heavy (non-hydrogen) atoms. The Balaban J connectivity index is 1.97. The van der Waals surface area contributed by atoms with Gasteiger partial charge in [-0.3, -0.25) is 4.57 Å². The van der Waals surface area contributed by atoms with Crippen molar-refractivity contribution in [1.29, 1.82) is 5.26 Å². The molecule has 0 bridgehead atoms. The number of benzene rings is 2. The molecule has 132 valence electrons. The van der Waals surface area contributed by atoms with E-state index >= 15 is 0 Å². The Morgan fingerprint density at radius 1 is 1.12 bits per heavy atom. The highest BCUT2D eigenvalue weighted by Crippen LogP contribution is 2.18. The Hall–Kier alpha value is -2.91. The van der Waals surface area contributed by atoms with Crippen molar-refractivity contribution in [3.05, 3.63) is 70.8 Å². The molecule has 5 nitrogen and oxygen atoms in total. The van der Waals surface area contributed by atoms with Gasteiger partial charge in [-0.25, -0.2) is 4.68 Å². The summed E-state index contributed by atoms with van der Waals surface area (Å²) in [6.07, 6.45) is 1.02. The molecule has 1 aromatic heterocycles. The van der Waals surface area contributed by atoms with E-state index in [1.54, 1.807) is 4.68 Å². The molecule has 0 aliphatic rings. The maximum absolute atomic E-state index is 8.87. The van der Waals surface area contributed by atoms with Crippen molar-refractivity contribution in [3.8, 4) is 17.5 Å². The molecule has 0 saturated heterocycles. The van der Waals surface area contributed by atoms with E-state index in [0.717, 1.165) is 22.8 Å². The number of hydrogen-bond donors (Lipinski definition) is 0. The van der Waals surface area contributed by atoms with E-state index in [0.29, 0.717) is 30.8 Å². The molecule has 0 spiro atoms. The van der Waals surface area contributed by atoms with Crippen LogP contribution in [0.4, 0.5) is 0 Å². The van der Waals surface area contributed by atoms with Gasteiger partial charge in [0, 0.05) is 12.1 Å². The summed E-state index contributed by atoms with van der Waals surface area (Å²) in [6, 6.07) is 20.1. The van der Waals surface area contributed by atoms with E-state index in [9.17, 15) is 0 Å². The van der Waals surface area contributed by atoms with Gasteiger partial charge in [0.1, 0.15) is 11.6 Å². The van der Waals surface area contributed by atoms with Crippen LogP contribution < -0.4 is 4.74 Å². The maximum Gasteiger partial charge on any atom is 0.202 e. The van der Waals surface area contributed by atoms with Crippen LogP contribution in [0.2, 0.25) is 0 Å². The van der Waals surface area contributed by atoms with Gasteiger partial charge in [0.15, 0.2) is 0 Å². The average Bonchev–Trinajstić information content (AvgIpc) is 2.97. The van der Waals surface area contributed by atoms with E-state index < -0.39 is 0 Å². The van der Waals surface area contributed by atoms with Gasteiger partial charge in [-0.1, -0.05) is 30.3 Å². The molecular weight excluding hydrogens is 344 g/mol. The summed E-state index contributed by atoms with van der Waals surface area (Å²) in [5.41, 5.74) is 2.10. The van der Waals surface area contributed by atoms with E-state index in [2.05, 4.69) is 11.2 Å². The first-order valence-corrected chi connectivity index (χ1v) is 8.96. The Morgan fingerprint density at radius 2 is 1.85 bits per heavy atom. The maximum atomic E-state index is 8.87. The number of ether oxygens (including phenoxy) is 1. The van der Waals surface area contributed by atoms with E-state index in [1.165, 1.54) is 0 Å². The van der Waals surface area contributed by atoms with Crippen molar-refractivity contribution in [1.82, 2.24) is 14.3 Å². The first-order valence-electron chi connectivity index (χ1n) is 8.55. The molecule has 0 radical (unpaired) electrons. The van der Waals surface area contributed by atoms with Crippen LogP contribution in [0.5, 0.6) is 5.75 Å². The van der Waals surface area contributed by atoms with Crippen LogP contribution in [0.25, 0.3) is 5.69 Å². The van der Waals surface area contributed by atoms with Crippen LogP contribution in [0.1, 0.15) is 24.7 Å². The fraction of sp³-hybridized carbons (Fsp3) is 0.250. The van der Waals surface area contributed by atoms with Crippen molar-refractivity contribution in [2.24, 2.45) is 0 Å². The number of para-hydroxylation sites is 1. The Morgan fingerprint density at radius 3 is 2.50 bits per heavy atom. The first-order chi connectivity index (χ1) is 12.7. The lowest BCUT2D eigenvalue weighted by molar-refractivity contribution is 0.340. The molecule has 0 unspecified atom stereocenters. The number of aromatic nitrogens is 3. The quantitative estimate of drug-likeness (QED) is 0.586. The third-order valence-corrected chi connectivity index (χ3v) is 4.35. The smallest absolute Gasteiger partial charge is 0.202 e. The molecule has 0 aliphatic carbocycles. The van der Waals surface area contributed by atoms with E-state index in [-0.39, 0.29) is 0 Å². The summed E-state index contributed by atoms with van der Waals surface area (Å²) in [6.45, 7) is 3.11. The zero-order valence-corrected chi connectivity index (χ0v) is 15.4. The van der Waals surface area contributed by atoms with E-state index in [4.69, 9.17) is 22.2 Å². The van der Waals surface area contributed by atoms with Gasteiger partial charge in [0.25, 0.3) is 0 Å². The number of hydrogen-bond acceptors (Lipinski definition) is 4. The summed E-state index contributed by atoms with van der Waals surface area (Å²) in [5.74, 6) is 1.71. The topological polar surface area (TPSA) is 55.8 Å². The average molecular weight is 364 g/mol. The lowest BCUT2D eigenvalue weighted by Crippen LogP contribution is -2.02. The van der Waals surface area contributed by atoms with Crippen LogP contribution in [0.15, 0.2) is 54.6 Å². The SMILES string of the molecule is CCOc1ccc(Cc2nn(CCC#N)c(=S)n2-c2ccccc2)cc1. The second-order valence-corrected chi connectivity index (χ2v) is 6.12. The van der Waals surface area contributed by atoms with Crippen LogP contribution in [-0.4, -0.2) is 21.0 Å². The van der Waals surface area contributed by atoms with Crippen molar-refractivity contribution in [2.45, 2.75) is 26.3 Å². The van der Waals surface area contributed by atoms with Gasteiger partial charge in [-0.2, -0.15) is 10.4 Å². The normalized spacial score (nSPS) is 10.5. The monoisotopic (exact) mass is 364 g/mol. The van der Waals surface area contributed by atoms with Crippen LogP contribution in [-0.2, 0) is 13.0 Å². The lowest BCUT2D eigenvalue weighted by atomic mass is 10.1. The second-order valence-electron chi connectivity index (χ2n) is 5.75. The lowest BCUT2D eigenvalue weighted by Gasteiger charge is -2.08. The molecule has 3 aromatic rings. The highest BCUT2D eigenvalue weighted by Gasteiger charge is 2.13.